The molecular weight excluding hydrogens is 230 g/mol. The first-order chi connectivity index (χ1) is 8.90. The van der Waals surface area contributed by atoms with E-state index in [-0.39, 0.29) is 0 Å². The molecule has 86 valence electrons. The van der Waals surface area contributed by atoms with E-state index in [4.69, 9.17) is 0 Å². The van der Waals surface area contributed by atoms with Gasteiger partial charge in [0, 0.05) is 0 Å². The first kappa shape index (κ1) is 10.2. The second kappa shape index (κ2) is 4.10. The Bertz CT molecular complexity index is 692. The van der Waals surface area contributed by atoms with Crippen LogP contribution in [0.4, 0.5) is 0 Å². The van der Waals surface area contributed by atoms with Crippen LogP contribution in [0, 0.1) is 11.3 Å². The molecule has 0 radical (unpaired) electrons. The monoisotopic (exact) mass is 237 g/mol. The summed E-state index contributed by atoms with van der Waals surface area (Å²) in [6.45, 7) is 0. The Labute approximate surface area is 102 Å². The molecule has 0 saturated carbocycles. The lowest BCUT2D eigenvalue weighted by Gasteiger charge is -2.09. The molecule has 0 aliphatic carbocycles. The van der Waals surface area contributed by atoms with Crippen LogP contribution in [0.25, 0.3) is 11.4 Å². The van der Waals surface area contributed by atoms with Crippen molar-refractivity contribution in [3.05, 3.63) is 48.5 Å². The van der Waals surface area contributed by atoms with Gasteiger partial charge in [0.2, 0.25) is 0 Å². The lowest BCUT2D eigenvalue weighted by atomic mass is 10.1. The fraction of sp³-hybridized carbons (Fsp3) is 0. The zero-order valence-electron chi connectivity index (χ0n) is 9.17. The Hall–Kier alpha value is -3.01. The minimum Gasteiger partial charge on any atom is -0.219 e. The molecule has 7 heteroatoms. The highest BCUT2D eigenvalue weighted by atomic mass is 15.4. The third kappa shape index (κ3) is 1.53. The van der Waals surface area contributed by atoms with E-state index in [0.29, 0.717) is 11.3 Å². The van der Waals surface area contributed by atoms with Crippen molar-refractivity contribution >= 4 is 0 Å². The van der Waals surface area contributed by atoms with Crippen molar-refractivity contribution in [1.82, 2.24) is 30.0 Å². The van der Waals surface area contributed by atoms with Crippen LogP contribution >= 0.6 is 0 Å². The smallest absolute Gasteiger partial charge is 0.110 e. The van der Waals surface area contributed by atoms with Gasteiger partial charge in [-0.2, -0.15) is 5.26 Å². The second-order valence-electron chi connectivity index (χ2n) is 3.48. The molecule has 1 aromatic carbocycles. The Kier molecular flexibility index (Phi) is 2.32. The summed E-state index contributed by atoms with van der Waals surface area (Å²) in [5.41, 5.74) is 1.84. The number of aromatic nitrogens is 6. The second-order valence-corrected chi connectivity index (χ2v) is 3.48. The molecule has 0 bridgehead atoms. The summed E-state index contributed by atoms with van der Waals surface area (Å²) in [5.74, 6) is 0. The third-order valence-electron chi connectivity index (χ3n) is 2.46. The molecule has 0 N–H and O–H groups in total. The Morgan fingerprint density at radius 1 is 1.00 bits per heavy atom. The average molecular weight is 237 g/mol. The molecule has 2 heterocycles. The first-order valence-electron chi connectivity index (χ1n) is 5.16. The number of para-hydroxylation sites is 1. The first-order valence-corrected chi connectivity index (χ1v) is 5.16. The van der Waals surface area contributed by atoms with E-state index in [1.54, 1.807) is 41.6 Å². The van der Waals surface area contributed by atoms with E-state index >= 15 is 0 Å². The van der Waals surface area contributed by atoms with Crippen LogP contribution in [0.5, 0.6) is 0 Å². The van der Waals surface area contributed by atoms with Crippen LogP contribution in [-0.4, -0.2) is 30.0 Å². The Morgan fingerprint density at radius 3 is 2.33 bits per heavy atom. The van der Waals surface area contributed by atoms with Crippen LogP contribution in [0.3, 0.4) is 0 Å². The molecule has 0 saturated heterocycles. The fourth-order valence-electron chi connectivity index (χ4n) is 1.71. The summed E-state index contributed by atoms with van der Waals surface area (Å²) < 4.78 is 3.12. The van der Waals surface area contributed by atoms with Gasteiger partial charge in [0.15, 0.2) is 0 Å². The van der Waals surface area contributed by atoms with E-state index in [2.05, 4.69) is 26.7 Å². The molecule has 0 fully saturated rings. The topological polar surface area (TPSA) is 85.2 Å². The predicted octanol–water partition coefficient (Wildman–Crippen LogP) is 0.720. The minimum absolute atomic E-state index is 0.494. The van der Waals surface area contributed by atoms with Crippen molar-refractivity contribution in [1.29, 1.82) is 5.26 Å². The maximum atomic E-state index is 9.18. The van der Waals surface area contributed by atoms with E-state index < -0.39 is 0 Å². The maximum Gasteiger partial charge on any atom is 0.110 e. The van der Waals surface area contributed by atoms with Crippen molar-refractivity contribution in [2.75, 3.05) is 0 Å². The van der Waals surface area contributed by atoms with Gasteiger partial charge >= 0.3 is 0 Å². The quantitative estimate of drug-likeness (QED) is 0.655. The van der Waals surface area contributed by atoms with E-state index in [9.17, 15) is 5.26 Å². The molecule has 0 unspecified atom stereocenters. The normalized spacial score (nSPS) is 10.2. The summed E-state index contributed by atoms with van der Waals surface area (Å²) in [6, 6.07) is 7.48. The molecule has 0 aliphatic rings. The van der Waals surface area contributed by atoms with Gasteiger partial charge < -0.3 is 0 Å². The molecule has 0 spiro atoms. The van der Waals surface area contributed by atoms with Crippen molar-refractivity contribution in [2.45, 2.75) is 0 Å². The van der Waals surface area contributed by atoms with E-state index in [0.717, 1.165) is 5.69 Å². The molecular formula is C11H7N7. The highest BCUT2D eigenvalue weighted by molar-refractivity contribution is 5.60. The fourth-order valence-corrected chi connectivity index (χ4v) is 1.71. The standard InChI is InChI=1S/C11H7N7/c12-8-9-2-1-3-10(17-6-4-13-15-17)11(9)18-7-5-14-16-18/h1-7H. The van der Waals surface area contributed by atoms with Gasteiger partial charge in [-0.1, -0.05) is 16.5 Å². The highest BCUT2D eigenvalue weighted by Crippen LogP contribution is 2.21. The Morgan fingerprint density at radius 2 is 1.72 bits per heavy atom. The molecule has 3 aromatic rings. The van der Waals surface area contributed by atoms with Crippen molar-refractivity contribution < 1.29 is 0 Å². The van der Waals surface area contributed by atoms with Gasteiger partial charge in [0.25, 0.3) is 0 Å². The van der Waals surface area contributed by atoms with Gasteiger partial charge in [0.05, 0.1) is 36.0 Å². The summed E-state index contributed by atoms with van der Waals surface area (Å²) >= 11 is 0. The van der Waals surface area contributed by atoms with Crippen LogP contribution in [0.1, 0.15) is 5.56 Å². The highest BCUT2D eigenvalue weighted by Gasteiger charge is 2.13. The molecule has 0 atom stereocenters. The van der Waals surface area contributed by atoms with Crippen molar-refractivity contribution in [3.63, 3.8) is 0 Å². The van der Waals surface area contributed by atoms with Crippen molar-refractivity contribution in [2.24, 2.45) is 0 Å². The summed E-state index contributed by atoms with van der Waals surface area (Å²) in [6.07, 6.45) is 6.51. The number of nitriles is 1. The van der Waals surface area contributed by atoms with Crippen LogP contribution in [0.2, 0.25) is 0 Å². The molecule has 7 nitrogen and oxygen atoms in total. The summed E-state index contributed by atoms with van der Waals surface area (Å²) in [7, 11) is 0. The van der Waals surface area contributed by atoms with E-state index in [1.807, 2.05) is 6.07 Å². The predicted molar refractivity (Wildman–Crippen MR) is 61.0 cm³/mol. The number of benzene rings is 1. The summed E-state index contributed by atoms with van der Waals surface area (Å²) in [4.78, 5) is 0. The largest absolute Gasteiger partial charge is 0.219 e. The zero-order chi connectivity index (χ0) is 12.4. The van der Waals surface area contributed by atoms with Gasteiger partial charge in [-0.25, -0.2) is 9.36 Å². The number of hydrogen-bond acceptors (Lipinski definition) is 5. The van der Waals surface area contributed by atoms with Crippen LogP contribution < -0.4 is 0 Å². The average Bonchev–Trinajstić information content (AvgIpc) is 3.10. The van der Waals surface area contributed by atoms with Gasteiger partial charge in [-0.3, -0.25) is 0 Å². The van der Waals surface area contributed by atoms with Gasteiger partial charge in [-0.05, 0) is 12.1 Å². The molecule has 2 aromatic heterocycles. The molecule has 0 aliphatic heterocycles. The molecule has 3 rings (SSSR count). The number of hydrogen-bond donors (Lipinski definition) is 0. The lowest BCUT2D eigenvalue weighted by molar-refractivity contribution is 0.760. The van der Waals surface area contributed by atoms with Gasteiger partial charge in [0.1, 0.15) is 11.8 Å². The van der Waals surface area contributed by atoms with Crippen molar-refractivity contribution in [3.8, 4) is 17.4 Å². The van der Waals surface area contributed by atoms with Crippen LogP contribution in [-0.2, 0) is 0 Å². The SMILES string of the molecule is N#Cc1cccc(-n2ccnn2)c1-n1ccnn1. The maximum absolute atomic E-state index is 9.18. The van der Waals surface area contributed by atoms with Crippen LogP contribution in [0.15, 0.2) is 43.0 Å². The number of rotatable bonds is 2. The zero-order valence-corrected chi connectivity index (χ0v) is 9.17. The Balaban J connectivity index is 2.30. The number of nitrogens with zero attached hydrogens (tertiary/aromatic N) is 7. The van der Waals surface area contributed by atoms with E-state index in [1.165, 1.54) is 4.68 Å². The lowest BCUT2D eigenvalue weighted by Crippen LogP contribution is -2.07. The summed E-state index contributed by atoms with van der Waals surface area (Å²) in [5, 5.41) is 24.5. The minimum atomic E-state index is 0.494. The third-order valence-corrected chi connectivity index (χ3v) is 2.46. The molecule has 0 amide bonds. The molecule has 18 heavy (non-hydrogen) atoms. The van der Waals surface area contributed by atoms with Gasteiger partial charge in [-0.15, -0.1) is 10.2 Å².